The Morgan fingerprint density at radius 3 is 2.56 bits per heavy atom. The minimum Gasteiger partial charge on any atom is -0.492 e. The van der Waals surface area contributed by atoms with Gasteiger partial charge in [-0.25, -0.2) is 9.97 Å². The van der Waals surface area contributed by atoms with E-state index in [2.05, 4.69) is 46.3 Å². The van der Waals surface area contributed by atoms with Crippen molar-refractivity contribution < 1.29 is 9.26 Å². The van der Waals surface area contributed by atoms with E-state index in [0.717, 1.165) is 68.9 Å². The van der Waals surface area contributed by atoms with Gasteiger partial charge >= 0.3 is 0 Å². The lowest BCUT2D eigenvalue weighted by Crippen LogP contribution is -2.25. The molecule has 8 heteroatoms. The van der Waals surface area contributed by atoms with Crippen LogP contribution in [0.15, 0.2) is 47.1 Å². The van der Waals surface area contributed by atoms with E-state index in [4.69, 9.17) is 14.2 Å². The SMILES string of the molecule is CCc1noc(CC)c1-c1ccc(-c2nc(Nc3ccc(OCCN4CCCC4)cc3)ncc2C)s1. The highest BCUT2D eigenvalue weighted by molar-refractivity contribution is 7.18. The lowest BCUT2D eigenvalue weighted by atomic mass is 10.1. The Balaban J connectivity index is 1.27. The maximum absolute atomic E-state index is 5.92. The Bertz CT molecular complexity index is 1270. The summed E-state index contributed by atoms with van der Waals surface area (Å²) in [4.78, 5) is 14.1. The maximum Gasteiger partial charge on any atom is 0.227 e. The molecule has 4 heterocycles. The third kappa shape index (κ3) is 5.44. The van der Waals surface area contributed by atoms with Crippen LogP contribution in [0.5, 0.6) is 5.75 Å². The Labute approximate surface area is 216 Å². The zero-order valence-electron chi connectivity index (χ0n) is 21.2. The molecular formula is C28H33N5O2S. The number of hydrogen-bond donors (Lipinski definition) is 1. The van der Waals surface area contributed by atoms with Crippen LogP contribution in [0, 0.1) is 6.92 Å². The fourth-order valence-corrected chi connectivity index (χ4v) is 5.68. The van der Waals surface area contributed by atoms with E-state index in [9.17, 15) is 0 Å². The van der Waals surface area contributed by atoms with Crippen LogP contribution in [0.1, 0.15) is 43.7 Å². The summed E-state index contributed by atoms with van der Waals surface area (Å²) in [6, 6.07) is 12.2. The molecule has 0 unspecified atom stereocenters. The van der Waals surface area contributed by atoms with Crippen LogP contribution in [0.3, 0.4) is 0 Å². The number of thiophene rings is 1. The van der Waals surface area contributed by atoms with Crippen molar-refractivity contribution >= 4 is 23.0 Å². The zero-order chi connectivity index (χ0) is 24.9. The first-order valence-electron chi connectivity index (χ1n) is 12.8. The van der Waals surface area contributed by atoms with Gasteiger partial charge in [0.15, 0.2) is 0 Å². The Morgan fingerprint density at radius 2 is 1.81 bits per heavy atom. The zero-order valence-corrected chi connectivity index (χ0v) is 22.0. The quantitative estimate of drug-likeness (QED) is 0.264. The fourth-order valence-electron chi connectivity index (χ4n) is 4.54. The van der Waals surface area contributed by atoms with E-state index in [1.807, 2.05) is 37.4 Å². The van der Waals surface area contributed by atoms with E-state index < -0.39 is 0 Å². The molecule has 1 fully saturated rings. The average Bonchev–Trinajstić information content (AvgIpc) is 3.66. The summed E-state index contributed by atoms with van der Waals surface area (Å²) >= 11 is 1.71. The number of likely N-dealkylation sites (tertiary alicyclic amines) is 1. The van der Waals surface area contributed by atoms with Crippen LogP contribution in [-0.4, -0.2) is 46.3 Å². The third-order valence-electron chi connectivity index (χ3n) is 6.53. The summed E-state index contributed by atoms with van der Waals surface area (Å²) in [7, 11) is 0. The summed E-state index contributed by atoms with van der Waals surface area (Å²) in [5.41, 5.74) is 5.02. The minimum absolute atomic E-state index is 0.571. The molecule has 1 aromatic carbocycles. The number of nitrogens with one attached hydrogen (secondary N) is 1. The van der Waals surface area contributed by atoms with E-state index in [0.29, 0.717) is 12.6 Å². The molecule has 0 radical (unpaired) electrons. The summed E-state index contributed by atoms with van der Waals surface area (Å²) in [5.74, 6) is 2.38. The standard InChI is InChI=1S/C28H33N5O2S/c1-4-22-26(23(5-2)35-32-22)24-12-13-25(36-24)27-19(3)18-29-28(31-27)30-20-8-10-21(11-9-20)34-17-16-33-14-6-7-15-33/h8-13,18H,4-7,14-17H2,1-3H3,(H,29,30,31). The lowest BCUT2D eigenvalue weighted by Gasteiger charge is -2.15. The third-order valence-corrected chi connectivity index (χ3v) is 7.64. The predicted molar refractivity (Wildman–Crippen MR) is 145 cm³/mol. The number of rotatable bonds is 10. The molecule has 1 N–H and O–H groups in total. The second kappa shape index (κ2) is 11.2. The number of benzene rings is 1. The Morgan fingerprint density at radius 1 is 1.03 bits per heavy atom. The highest BCUT2D eigenvalue weighted by atomic mass is 32.1. The lowest BCUT2D eigenvalue weighted by molar-refractivity contribution is 0.238. The molecule has 0 spiro atoms. The van der Waals surface area contributed by atoms with Crippen molar-refractivity contribution in [1.82, 2.24) is 20.0 Å². The van der Waals surface area contributed by atoms with Crippen LogP contribution >= 0.6 is 11.3 Å². The topological polar surface area (TPSA) is 76.3 Å². The normalized spacial score (nSPS) is 13.9. The van der Waals surface area contributed by atoms with Crippen molar-refractivity contribution in [3.8, 4) is 26.8 Å². The van der Waals surface area contributed by atoms with Crippen LogP contribution in [0.4, 0.5) is 11.6 Å². The smallest absolute Gasteiger partial charge is 0.227 e. The van der Waals surface area contributed by atoms with Crippen LogP contribution in [0.2, 0.25) is 0 Å². The van der Waals surface area contributed by atoms with Crippen molar-refractivity contribution in [1.29, 1.82) is 0 Å². The van der Waals surface area contributed by atoms with Gasteiger partial charge in [-0.1, -0.05) is 19.0 Å². The van der Waals surface area contributed by atoms with Crippen molar-refractivity contribution in [3.63, 3.8) is 0 Å². The molecule has 0 amide bonds. The van der Waals surface area contributed by atoms with Gasteiger partial charge in [0.2, 0.25) is 5.95 Å². The largest absolute Gasteiger partial charge is 0.492 e. The van der Waals surface area contributed by atoms with Gasteiger partial charge in [-0.3, -0.25) is 4.90 Å². The van der Waals surface area contributed by atoms with Crippen molar-refractivity contribution in [2.45, 2.75) is 46.5 Å². The average molecular weight is 504 g/mol. The molecule has 0 atom stereocenters. The Hall–Kier alpha value is -3.23. The predicted octanol–water partition coefficient (Wildman–Crippen LogP) is 6.51. The number of anilines is 2. The molecule has 188 valence electrons. The number of hydrogen-bond acceptors (Lipinski definition) is 8. The molecule has 36 heavy (non-hydrogen) atoms. The molecule has 1 saturated heterocycles. The molecule has 3 aromatic heterocycles. The maximum atomic E-state index is 5.92. The van der Waals surface area contributed by atoms with Gasteiger partial charge in [0.05, 0.1) is 21.8 Å². The highest BCUT2D eigenvalue weighted by Gasteiger charge is 2.19. The first-order valence-corrected chi connectivity index (χ1v) is 13.6. The molecule has 1 aliphatic rings. The molecule has 0 saturated carbocycles. The second-order valence-electron chi connectivity index (χ2n) is 9.07. The van der Waals surface area contributed by atoms with E-state index in [1.54, 1.807) is 11.3 Å². The second-order valence-corrected chi connectivity index (χ2v) is 10.2. The van der Waals surface area contributed by atoms with Crippen LogP contribution in [0.25, 0.3) is 21.0 Å². The van der Waals surface area contributed by atoms with Gasteiger partial charge in [0, 0.05) is 29.7 Å². The molecule has 0 bridgehead atoms. The van der Waals surface area contributed by atoms with Crippen molar-refractivity contribution in [3.05, 3.63) is 59.6 Å². The van der Waals surface area contributed by atoms with Gasteiger partial charge in [0.1, 0.15) is 18.1 Å². The summed E-state index contributed by atoms with van der Waals surface area (Å²) < 4.78 is 11.5. The van der Waals surface area contributed by atoms with Crippen LogP contribution in [-0.2, 0) is 12.8 Å². The van der Waals surface area contributed by atoms with E-state index in [1.165, 1.54) is 25.9 Å². The minimum atomic E-state index is 0.571. The number of aromatic nitrogens is 3. The van der Waals surface area contributed by atoms with Gasteiger partial charge in [-0.05, 0) is 81.2 Å². The van der Waals surface area contributed by atoms with E-state index >= 15 is 0 Å². The summed E-state index contributed by atoms with van der Waals surface area (Å²) in [6.07, 6.45) is 6.14. The molecule has 5 rings (SSSR count). The number of nitrogens with zero attached hydrogens (tertiary/aromatic N) is 4. The van der Waals surface area contributed by atoms with E-state index in [-0.39, 0.29) is 0 Å². The van der Waals surface area contributed by atoms with Gasteiger partial charge < -0.3 is 14.6 Å². The number of ether oxygens (including phenoxy) is 1. The molecule has 4 aromatic rings. The summed E-state index contributed by atoms with van der Waals surface area (Å²) in [6.45, 7) is 10.3. The number of aryl methyl sites for hydroxylation is 3. The van der Waals surface area contributed by atoms with Gasteiger partial charge in [-0.2, -0.15) is 0 Å². The molecule has 7 nitrogen and oxygen atoms in total. The Kier molecular flexibility index (Phi) is 7.63. The first kappa shape index (κ1) is 24.5. The highest BCUT2D eigenvalue weighted by Crippen LogP contribution is 2.38. The molecule has 0 aliphatic carbocycles. The summed E-state index contributed by atoms with van der Waals surface area (Å²) in [5, 5.41) is 7.60. The fraction of sp³-hybridized carbons (Fsp3) is 0.393. The first-order chi connectivity index (χ1) is 17.6. The van der Waals surface area contributed by atoms with Crippen molar-refractivity contribution in [2.75, 3.05) is 31.6 Å². The molecular weight excluding hydrogens is 470 g/mol. The van der Waals surface area contributed by atoms with Crippen molar-refractivity contribution in [2.24, 2.45) is 0 Å². The van der Waals surface area contributed by atoms with Gasteiger partial charge in [-0.15, -0.1) is 11.3 Å². The monoisotopic (exact) mass is 503 g/mol. The van der Waals surface area contributed by atoms with Crippen LogP contribution < -0.4 is 10.1 Å². The van der Waals surface area contributed by atoms with Gasteiger partial charge in [0.25, 0.3) is 0 Å². The molecule has 1 aliphatic heterocycles.